The quantitative estimate of drug-likeness (QED) is 0.455. The smallest absolute Gasteiger partial charge is 0.256 e. The van der Waals surface area contributed by atoms with E-state index in [1.54, 1.807) is 12.0 Å². The molecule has 35 heavy (non-hydrogen) atoms. The first-order valence-electron chi connectivity index (χ1n) is 11.7. The second kappa shape index (κ2) is 11.4. The Kier molecular flexibility index (Phi) is 8.10. The summed E-state index contributed by atoms with van der Waals surface area (Å²) < 4.78 is 39.1. The van der Waals surface area contributed by atoms with Crippen molar-refractivity contribution >= 4 is 5.91 Å². The van der Waals surface area contributed by atoms with E-state index in [0.717, 1.165) is 29.0 Å². The van der Waals surface area contributed by atoms with Gasteiger partial charge in [-0.3, -0.25) is 9.69 Å². The highest BCUT2D eigenvalue weighted by Gasteiger charge is 2.26. The summed E-state index contributed by atoms with van der Waals surface area (Å²) in [5.41, 5.74) is 3.21. The number of nitrogens with zero attached hydrogens (tertiary/aromatic N) is 2. The predicted octanol–water partition coefficient (Wildman–Crippen LogP) is 5.00. The van der Waals surface area contributed by atoms with Gasteiger partial charge in [-0.15, -0.1) is 0 Å². The highest BCUT2D eigenvalue weighted by molar-refractivity contribution is 5.94. The molecule has 1 unspecified atom stereocenters. The van der Waals surface area contributed by atoms with Crippen LogP contribution in [0.1, 0.15) is 33.2 Å². The molecule has 0 spiro atoms. The summed E-state index contributed by atoms with van der Waals surface area (Å²) in [5.74, 6) is -1.18. The van der Waals surface area contributed by atoms with Crippen LogP contribution in [0, 0.1) is 18.6 Å². The van der Waals surface area contributed by atoms with Gasteiger partial charge >= 0.3 is 0 Å². The number of amides is 1. The fraction of sp³-hybridized carbons (Fsp3) is 0.321. The Morgan fingerprint density at radius 3 is 2.40 bits per heavy atom. The summed E-state index contributed by atoms with van der Waals surface area (Å²) in [6, 6.07) is 19.2. The van der Waals surface area contributed by atoms with Gasteiger partial charge in [0.25, 0.3) is 5.91 Å². The molecular formula is C28H30F2N2O3. The zero-order valence-electron chi connectivity index (χ0n) is 20.0. The Balaban J connectivity index is 1.41. The number of halogens is 2. The number of rotatable bonds is 8. The molecule has 1 amide bonds. The molecule has 1 aliphatic rings. The van der Waals surface area contributed by atoms with E-state index in [2.05, 4.69) is 36.1 Å². The normalized spacial score (nSPS) is 15.1. The third kappa shape index (κ3) is 6.44. The standard InChI is InChI=1S/C28H30F2N2O3/c1-20-6-8-21(9-7-20)19-35-27(22-4-3-5-24(16-22)34-2)18-31-12-14-32(15-13-31)28(33)25-11-10-23(29)17-26(25)30/h3-11,16-17,27H,12-15,18-19H2,1-2H3. The van der Waals surface area contributed by atoms with Crippen molar-refractivity contribution < 1.29 is 23.0 Å². The largest absolute Gasteiger partial charge is 0.497 e. The van der Waals surface area contributed by atoms with Crippen LogP contribution in [0.25, 0.3) is 0 Å². The van der Waals surface area contributed by atoms with E-state index in [4.69, 9.17) is 9.47 Å². The van der Waals surface area contributed by atoms with E-state index in [1.165, 1.54) is 11.6 Å². The van der Waals surface area contributed by atoms with E-state index in [-0.39, 0.29) is 11.7 Å². The Labute approximate surface area is 204 Å². The summed E-state index contributed by atoms with van der Waals surface area (Å²) in [6.07, 6.45) is -0.191. The Hall–Kier alpha value is -3.29. The van der Waals surface area contributed by atoms with E-state index >= 15 is 0 Å². The minimum absolute atomic E-state index is 0.101. The molecule has 184 valence electrons. The summed E-state index contributed by atoms with van der Waals surface area (Å²) in [7, 11) is 1.64. The van der Waals surface area contributed by atoms with E-state index in [0.29, 0.717) is 39.3 Å². The molecular weight excluding hydrogens is 450 g/mol. The summed E-state index contributed by atoms with van der Waals surface area (Å²) >= 11 is 0. The maximum atomic E-state index is 14.1. The summed E-state index contributed by atoms with van der Waals surface area (Å²) in [6.45, 7) is 5.34. The highest BCUT2D eigenvalue weighted by Crippen LogP contribution is 2.25. The van der Waals surface area contributed by atoms with Crippen molar-refractivity contribution in [2.45, 2.75) is 19.6 Å². The maximum Gasteiger partial charge on any atom is 0.256 e. The number of carbonyl (C=O) groups is 1. The van der Waals surface area contributed by atoms with Crippen molar-refractivity contribution in [3.8, 4) is 5.75 Å². The predicted molar refractivity (Wildman–Crippen MR) is 130 cm³/mol. The van der Waals surface area contributed by atoms with E-state index in [9.17, 15) is 13.6 Å². The molecule has 1 aliphatic heterocycles. The summed E-state index contributed by atoms with van der Waals surface area (Å²) in [4.78, 5) is 16.6. The first-order valence-corrected chi connectivity index (χ1v) is 11.7. The molecule has 0 aliphatic carbocycles. The highest BCUT2D eigenvalue weighted by atomic mass is 19.1. The number of ether oxygens (including phenoxy) is 2. The Morgan fingerprint density at radius 2 is 1.71 bits per heavy atom. The number of benzene rings is 3. The molecule has 0 aromatic heterocycles. The van der Waals surface area contributed by atoms with Crippen LogP contribution in [0.5, 0.6) is 5.75 Å². The van der Waals surface area contributed by atoms with Gasteiger partial charge in [-0.05, 0) is 42.3 Å². The Bertz CT molecular complexity index is 1150. The molecule has 0 saturated carbocycles. The van der Waals surface area contributed by atoms with Crippen LogP contribution in [0.15, 0.2) is 66.7 Å². The fourth-order valence-corrected chi connectivity index (χ4v) is 4.18. The van der Waals surface area contributed by atoms with Crippen LogP contribution < -0.4 is 4.74 Å². The lowest BCUT2D eigenvalue weighted by molar-refractivity contribution is 0.00329. The van der Waals surface area contributed by atoms with Gasteiger partial charge in [-0.1, -0.05) is 42.0 Å². The zero-order valence-corrected chi connectivity index (χ0v) is 20.0. The number of hydrogen-bond acceptors (Lipinski definition) is 4. The lowest BCUT2D eigenvalue weighted by Gasteiger charge is -2.36. The molecule has 0 radical (unpaired) electrons. The Morgan fingerprint density at radius 1 is 0.971 bits per heavy atom. The van der Waals surface area contributed by atoms with Gasteiger partial charge in [-0.25, -0.2) is 8.78 Å². The molecule has 7 heteroatoms. The van der Waals surface area contributed by atoms with Crippen LogP contribution >= 0.6 is 0 Å². The number of methoxy groups -OCH3 is 1. The van der Waals surface area contributed by atoms with Gasteiger partial charge in [0.05, 0.1) is 25.4 Å². The molecule has 1 fully saturated rings. The van der Waals surface area contributed by atoms with Gasteiger partial charge < -0.3 is 14.4 Å². The van der Waals surface area contributed by atoms with Gasteiger partial charge in [0.15, 0.2) is 0 Å². The van der Waals surface area contributed by atoms with Crippen LogP contribution in [-0.2, 0) is 11.3 Å². The molecule has 1 heterocycles. The van der Waals surface area contributed by atoms with Gasteiger partial charge in [-0.2, -0.15) is 0 Å². The third-order valence-corrected chi connectivity index (χ3v) is 6.28. The van der Waals surface area contributed by atoms with Crippen molar-refractivity contribution in [1.29, 1.82) is 0 Å². The third-order valence-electron chi connectivity index (χ3n) is 6.28. The molecule has 1 atom stereocenters. The summed E-state index contributed by atoms with van der Waals surface area (Å²) in [5, 5.41) is 0. The van der Waals surface area contributed by atoms with E-state index in [1.807, 2.05) is 24.3 Å². The van der Waals surface area contributed by atoms with Crippen LogP contribution in [-0.4, -0.2) is 55.5 Å². The molecule has 0 bridgehead atoms. The van der Waals surface area contributed by atoms with Gasteiger partial charge in [0.1, 0.15) is 17.4 Å². The molecule has 0 N–H and O–H groups in total. The average molecular weight is 481 g/mol. The number of piperazine rings is 1. The number of carbonyl (C=O) groups excluding carboxylic acids is 1. The zero-order chi connectivity index (χ0) is 24.8. The molecule has 3 aromatic rings. The van der Waals surface area contributed by atoms with Crippen molar-refractivity contribution in [1.82, 2.24) is 9.80 Å². The number of aryl methyl sites for hydroxylation is 1. The van der Waals surface area contributed by atoms with Crippen molar-refractivity contribution in [3.05, 3.63) is 101 Å². The maximum absolute atomic E-state index is 14.1. The van der Waals surface area contributed by atoms with Gasteiger partial charge in [0.2, 0.25) is 0 Å². The van der Waals surface area contributed by atoms with Crippen LogP contribution in [0.2, 0.25) is 0 Å². The van der Waals surface area contributed by atoms with Gasteiger partial charge in [0, 0.05) is 38.8 Å². The van der Waals surface area contributed by atoms with Crippen molar-refractivity contribution in [3.63, 3.8) is 0 Å². The van der Waals surface area contributed by atoms with Crippen LogP contribution in [0.4, 0.5) is 8.78 Å². The SMILES string of the molecule is COc1cccc(C(CN2CCN(C(=O)c3ccc(F)cc3F)CC2)OCc2ccc(C)cc2)c1. The molecule has 5 nitrogen and oxygen atoms in total. The first-order chi connectivity index (χ1) is 16.9. The number of hydrogen-bond donors (Lipinski definition) is 0. The fourth-order valence-electron chi connectivity index (χ4n) is 4.18. The second-order valence-electron chi connectivity index (χ2n) is 8.78. The van der Waals surface area contributed by atoms with E-state index < -0.39 is 17.5 Å². The minimum Gasteiger partial charge on any atom is -0.497 e. The van der Waals surface area contributed by atoms with Crippen molar-refractivity contribution in [2.24, 2.45) is 0 Å². The lowest BCUT2D eigenvalue weighted by Crippen LogP contribution is -2.49. The lowest BCUT2D eigenvalue weighted by atomic mass is 10.1. The monoisotopic (exact) mass is 480 g/mol. The first kappa shape index (κ1) is 24.8. The molecule has 4 rings (SSSR count). The topological polar surface area (TPSA) is 42.0 Å². The van der Waals surface area contributed by atoms with Crippen molar-refractivity contribution in [2.75, 3.05) is 39.8 Å². The second-order valence-corrected chi connectivity index (χ2v) is 8.78. The minimum atomic E-state index is -0.833. The average Bonchev–Trinajstić information content (AvgIpc) is 2.87. The van der Waals surface area contributed by atoms with Crippen LogP contribution in [0.3, 0.4) is 0 Å². The molecule has 3 aromatic carbocycles. The molecule has 1 saturated heterocycles.